The molecule has 2 heterocycles. The zero-order valence-electron chi connectivity index (χ0n) is 6.53. The molecule has 2 aromatic rings. The van der Waals surface area contributed by atoms with Crippen LogP contribution in [0.15, 0.2) is 24.7 Å². The van der Waals surface area contributed by atoms with Gasteiger partial charge in [0.1, 0.15) is 5.02 Å². The summed E-state index contributed by atoms with van der Waals surface area (Å²) in [6.07, 6.45) is 4.81. The molecule has 0 amide bonds. The summed E-state index contributed by atoms with van der Waals surface area (Å²) in [6.45, 7) is 0. The molecule has 2 N–H and O–H groups in total. The zero-order chi connectivity index (χ0) is 9.26. The lowest BCUT2D eigenvalue weighted by Crippen LogP contribution is -1.80. The average molecular weight is 196 g/mol. The van der Waals surface area contributed by atoms with E-state index < -0.39 is 0 Å². The minimum atomic E-state index is -0.166. The van der Waals surface area contributed by atoms with E-state index in [-0.39, 0.29) is 10.9 Å². The minimum Gasteiger partial charge on any atom is -0.492 e. The summed E-state index contributed by atoms with van der Waals surface area (Å²) in [7, 11) is 0. The van der Waals surface area contributed by atoms with Crippen LogP contribution in [0.5, 0.6) is 5.88 Å². The quantitative estimate of drug-likeness (QED) is 0.730. The van der Waals surface area contributed by atoms with Gasteiger partial charge in [-0.25, -0.2) is 4.98 Å². The van der Waals surface area contributed by atoms with Crippen molar-refractivity contribution >= 4 is 11.6 Å². The van der Waals surface area contributed by atoms with Gasteiger partial charge in [0.2, 0.25) is 5.88 Å². The number of hydrogen-bond acceptors (Lipinski definition) is 3. The van der Waals surface area contributed by atoms with Gasteiger partial charge < -0.3 is 5.11 Å². The van der Waals surface area contributed by atoms with Crippen molar-refractivity contribution in [2.24, 2.45) is 0 Å². The van der Waals surface area contributed by atoms with E-state index in [1.165, 1.54) is 6.20 Å². The first-order chi connectivity index (χ1) is 6.29. The number of hydrogen-bond donors (Lipinski definition) is 2. The zero-order valence-corrected chi connectivity index (χ0v) is 7.28. The smallest absolute Gasteiger partial charge is 0.230 e. The van der Waals surface area contributed by atoms with E-state index in [4.69, 9.17) is 11.6 Å². The van der Waals surface area contributed by atoms with Crippen molar-refractivity contribution in [1.82, 2.24) is 15.2 Å². The topological polar surface area (TPSA) is 61.8 Å². The Morgan fingerprint density at radius 3 is 3.00 bits per heavy atom. The fraction of sp³-hybridized carbons (Fsp3) is 0. The van der Waals surface area contributed by atoms with Gasteiger partial charge in [0.05, 0.1) is 6.20 Å². The summed E-state index contributed by atoms with van der Waals surface area (Å²) < 4.78 is 0. The van der Waals surface area contributed by atoms with Gasteiger partial charge in [0.25, 0.3) is 0 Å². The summed E-state index contributed by atoms with van der Waals surface area (Å²) in [4.78, 5) is 3.64. The SMILES string of the molecule is Oc1nccc(-c2cn[nH]c2)c1Cl. The van der Waals surface area contributed by atoms with Crippen LogP contribution >= 0.6 is 11.6 Å². The molecule has 0 spiro atoms. The second-order valence-electron chi connectivity index (χ2n) is 2.48. The third kappa shape index (κ3) is 1.36. The Kier molecular flexibility index (Phi) is 1.90. The van der Waals surface area contributed by atoms with Crippen molar-refractivity contribution < 1.29 is 5.11 Å². The number of nitrogens with one attached hydrogen (secondary N) is 1. The van der Waals surface area contributed by atoms with Gasteiger partial charge >= 0.3 is 0 Å². The minimum absolute atomic E-state index is 0.166. The highest BCUT2D eigenvalue weighted by Gasteiger charge is 2.08. The first kappa shape index (κ1) is 8.07. The maximum Gasteiger partial charge on any atom is 0.230 e. The normalized spacial score (nSPS) is 10.2. The van der Waals surface area contributed by atoms with Gasteiger partial charge in [-0.15, -0.1) is 0 Å². The molecule has 66 valence electrons. The molecule has 13 heavy (non-hydrogen) atoms. The van der Waals surface area contributed by atoms with Crippen molar-refractivity contribution in [3.8, 4) is 17.0 Å². The molecule has 0 aliphatic rings. The molecule has 0 saturated heterocycles. The van der Waals surface area contributed by atoms with Crippen LogP contribution in [-0.2, 0) is 0 Å². The molecule has 0 aromatic carbocycles. The lowest BCUT2D eigenvalue weighted by Gasteiger charge is -2.00. The Morgan fingerprint density at radius 1 is 1.46 bits per heavy atom. The van der Waals surface area contributed by atoms with Crippen LogP contribution in [0.1, 0.15) is 0 Å². The Morgan fingerprint density at radius 2 is 2.31 bits per heavy atom. The van der Waals surface area contributed by atoms with Gasteiger partial charge in [0, 0.05) is 23.5 Å². The van der Waals surface area contributed by atoms with Crippen LogP contribution in [0.3, 0.4) is 0 Å². The van der Waals surface area contributed by atoms with Crippen LogP contribution in [0, 0.1) is 0 Å². The number of H-pyrrole nitrogens is 1. The highest BCUT2D eigenvalue weighted by Crippen LogP contribution is 2.31. The fourth-order valence-corrected chi connectivity index (χ4v) is 1.27. The van der Waals surface area contributed by atoms with Gasteiger partial charge in [-0.2, -0.15) is 5.10 Å². The highest BCUT2D eigenvalue weighted by atomic mass is 35.5. The van der Waals surface area contributed by atoms with Crippen molar-refractivity contribution in [3.63, 3.8) is 0 Å². The van der Waals surface area contributed by atoms with Gasteiger partial charge in [-0.3, -0.25) is 5.10 Å². The molecule has 0 fully saturated rings. The maximum absolute atomic E-state index is 9.23. The summed E-state index contributed by atoms with van der Waals surface area (Å²) in [5.41, 5.74) is 1.53. The second-order valence-corrected chi connectivity index (χ2v) is 2.86. The summed E-state index contributed by atoms with van der Waals surface area (Å²) in [5, 5.41) is 15.9. The molecule has 0 saturated carbocycles. The molecular formula is C8H6ClN3O. The number of nitrogens with zero attached hydrogens (tertiary/aromatic N) is 2. The highest BCUT2D eigenvalue weighted by molar-refractivity contribution is 6.34. The molecule has 0 atom stereocenters. The Bertz CT molecular complexity index is 413. The molecule has 0 bridgehead atoms. The van der Waals surface area contributed by atoms with Crippen molar-refractivity contribution in [2.75, 3.05) is 0 Å². The first-order valence-corrected chi connectivity index (χ1v) is 3.99. The summed E-state index contributed by atoms with van der Waals surface area (Å²) >= 11 is 5.83. The van der Waals surface area contributed by atoms with Crippen molar-refractivity contribution in [1.29, 1.82) is 0 Å². The molecule has 2 rings (SSSR count). The van der Waals surface area contributed by atoms with E-state index in [9.17, 15) is 5.11 Å². The predicted molar refractivity (Wildman–Crippen MR) is 48.5 cm³/mol. The molecule has 0 aliphatic heterocycles. The number of pyridine rings is 1. The van der Waals surface area contributed by atoms with Crippen LogP contribution in [0.2, 0.25) is 5.02 Å². The Balaban J connectivity index is 2.59. The molecule has 2 aromatic heterocycles. The van der Waals surface area contributed by atoms with E-state index in [2.05, 4.69) is 15.2 Å². The van der Waals surface area contributed by atoms with Crippen molar-refractivity contribution in [2.45, 2.75) is 0 Å². The first-order valence-electron chi connectivity index (χ1n) is 3.61. The number of halogens is 1. The monoisotopic (exact) mass is 195 g/mol. The largest absolute Gasteiger partial charge is 0.492 e. The van der Waals surface area contributed by atoms with E-state index >= 15 is 0 Å². The van der Waals surface area contributed by atoms with Crippen LogP contribution in [0.25, 0.3) is 11.1 Å². The molecule has 0 aliphatic carbocycles. The Hall–Kier alpha value is -1.55. The molecule has 0 unspecified atom stereocenters. The number of aromatic amines is 1. The Labute approximate surface area is 79.2 Å². The number of aromatic nitrogens is 3. The predicted octanol–water partition coefficient (Wildman–Crippen LogP) is 1.83. The van der Waals surface area contributed by atoms with Gasteiger partial charge in [-0.05, 0) is 6.07 Å². The number of aromatic hydroxyl groups is 1. The van der Waals surface area contributed by atoms with E-state index in [1.807, 2.05) is 0 Å². The van der Waals surface area contributed by atoms with Gasteiger partial charge in [0.15, 0.2) is 0 Å². The third-order valence-corrected chi connectivity index (χ3v) is 2.05. The van der Waals surface area contributed by atoms with Gasteiger partial charge in [-0.1, -0.05) is 11.6 Å². The maximum atomic E-state index is 9.23. The van der Waals surface area contributed by atoms with E-state index in [0.717, 1.165) is 5.56 Å². The van der Waals surface area contributed by atoms with E-state index in [1.54, 1.807) is 18.5 Å². The molecule has 0 radical (unpaired) electrons. The molecular weight excluding hydrogens is 190 g/mol. The van der Waals surface area contributed by atoms with E-state index in [0.29, 0.717) is 5.56 Å². The lowest BCUT2D eigenvalue weighted by atomic mass is 10.1. The molecule has 4 nitrogen and oxygen atoms in total. The second kappa shape index (κ2) is 3.06. The third-order valence-electron chi connectivity index (χ3n) is 1.68. The van der Waals surface area contributed by atoms with Crippen LogP contribution < -0.4 is 0 Å². The van der Waals surface area contributed by atoms with Crippen LogP contribution in [-0.4, -0.2) is 20.3 Å². The summed E-state index contributed by atoms with van der Waals surface area (Å²) in [5.74, 6) is -0.166. The number of rotatable bonds is 1. The van der Waals surface area contributed by atoms with Crippen LogP contribution in [0.4, 0.5) is 0 Å². The average Bonchev–Trinajstić information content (AvgIpc) is 2.62. The molecule has 5 heteroatoms. The fourth-order valence-electron chi connectivity index (χ4n) is 1.05. The lowest BCUT2D eigenvalue weighted by molar-refractivity contribution is 0.454. The standard InChI is InChI=1S/C8H6ClN3O/c9-7-6(1-2-10-8(7)13)5-3-11-12-4-5/h1-4H,(H,10,13)(H,11,12). The summed E-state index contributed by atoms with van der Waals surface area (Å²) in [6, 6.07) is 1.72. The van der Waals surface area contributed by atoms with Crippen molar-refractivity contribution in [3.05, 3.63) is 29.7 Å².